The Balaban J connectivity index is 1.65. The molecule has 26 heavy (non-hydrogen) atoms. The lowest BCUT2D eigenvalue weighted by Gasteiger charge is -2.25. The van der Waals surface area contributed by atoms with Crippen molar-refractivity contribution in [1.82, 2.24) is 20.4 Å². The number of hydrogen-bond acceptors (Lipinski definition) is 4. The quantitative estimate of drug-likeness (QED) is 0.859. The maximum Gasteiger partial charge on any atom is 0.251 e. The number of ether oxygens (including phenoxy) is 1. The molecule has 1 atom stereocenters. The largest absolute Gasteiger partial charge is 0.497 e. The number of hydrogen-bond donors (Lipinski definition) is 2. The normalized spacial score (nSPS) is 16.6. The molecule has 1 aromatic heterocycles. The number of H-pyrrole nitrogens is 1. The van der Waals surface area contributed by atoms with Gasteiger partial charge in [-0.2, -0.15) is 5.10 Å². The van der Waals surface area contributed by atoms with Crippen molar-refractivity contribution in [2.75, 3.05) is 20.2 Å². The second-order valence-corrected chi connectivity index (χ2v) is 6.51. The fraction of sp³-hybridized carbons (Fsp3) is 0.421. The monoisotopic (exact) mass is 356 g/mol. The molecule has 1 aliphatic rings. The van der Waals surface area contributed by atoms with Crippen molar-refractivity contribution < 1.29 is 14.3 Å². The molecule has 0 radical (unpaired) electrons. The summed E-state index contributed by atoms with van der Waals surface area (Å²) in [6.07, 6.45) is 1.86. The molecule has 1 saturated heterocycles. The summed E-state index contributed by atoms with van der Waals surface area (Å²) in [5.41, 5.74) is 3.48. The van der Waals surface area contributed by atoms with Crippen LogP contribution in [0.5, 0.6) is 5.75 Å². The second-order valence-electron chi connectivity index (χ2n) is 6.51. The first-order valence-electron chi connectivity index (χ1n) is 8.74. The van der Waals surface area contributed by atoms with Gasteiger partial charge in [-0.15, -0.1) is 0 Å². The summed E-state index contributed by atoms with van der Waals surface area (Å²) in [6.45, 7) is 4.59. The van der Waals surface area contributed by atoms with Gasteiger partial charge in [-0.05, 0) is 44.9 Å². The summed E-state index contributed by atoms with van der Waals surface area (Å²) in [5, 5.41) is 9.94. The number of methoxy groups -OCH3 is 1. The zero-order valence-corrected chi connectivity index (χ0v) is 15.3. The number of nitrogens with one attached hydrogen (secondary N) is 2. The molecule has 0 bridgehead atoms. The molecule has 2 aromatic rings. The van der Waals surface area contributed by atoms with E-state index in [4.69, 9.17) is 4.74 Å². The molecular formula is C19H24N4O3. The van der Waals surface area contributed by atoms with Crippen LogP contribution in [0.15, 0.2) is 24.3 Å². The van der Waals surface area contributed by atoms with Crippen LogP contribution in [-0.2, 0) is 4.79 Å². The van der Waals surface area contributed by atoms with Crippen LogP contribution < -0.4 is 10.1 Å². The zero-order valence-electron chi connectivity index (χ0n) is 15.3. The van der Waals surface area contributed by atoms with Gasteiger partial charge >= 0.3 is 0 Å². The van der Waals surface area contributed by atoms with Crippen LogP contribution in [0.25, 0.3) is 0 Å². The van der Waals surface area contributed by atoms with Gasteiger partial charge in [0, 0.05) is 23.4 Å². The van der Waals surface area contributed by atoms with E-state index in [9.17, 15) is 9.59 Å². The molecule has 3 rings (SSSR count). The SMILES string of the molecule is COc1cccc(C(=O)NCC(=O)N2CCCC2c2c(C)n[nH]c2C)c1. The summed E-state index contributed by atoms with van der Waals surface area (Å²) < 4.78 is 5.13. The van der Waals surface area contributed by atoms with Gasteiger partial charge < -0.3 is 15.0 Å². The second kappa shape index (κ2) is 7.59. The average Bonchev–Trinajstić information content (AvgIpc) is 3.25. The summed E-state index contributed by atoms with van der Waals surface area (Å²) in [5.74, 6) is 0.238. The molecule has 2 amide bonds. The van der Waals surface area contributed by atoms with Crippen molar-refractivity contribution >= 4 is 11.8 Å². The van der Waals surface area contributed by atoms with Crippen molar-refractivity contribution in [3.63, 3.8) is 0 Å². The molecular weight excluding hydrogens is 332 g/mol. The molecule has 2 N–H and O–H groups in total. The summed E-state index contributed by atoms with van der Waals surface area (Å²) in [4.78, 5) is 26.8. The zero-order chi connectivity index (χ0) is 18.7. The number of aromatic nitrogens is 2. The van der Waals surface area contributed by atoms with Gasteiger partial charge in [0.05, 0.1) is 25.4 Å². The Bertz CT molecular complexity index is 795. The Morgan fingerprint density at radius 1 is 1.38 bits per heavy atom. The van der Waals surface area contributed by atoms with Crippen LogP contribution >= 0.6 is 0 Å². The molecule has 138 valence electrons. The predicted molar refractivity (Wildman–Crippen MR) is 97.1 cm³/mol. The number of aromatic amines is 1. The highest BCUT2D eigenvalue weighted by atomic mass is 16.5. The Kier molecular flexibility index (Phi) is 5.25. The van der Waals surface area contributed by atoms with E-state index in [1.54, 1.807) is 31.4 Å². The maximum absolute atomic E-state index is 12.7. The first-order chi connectivity index (χ1) is 12.5. The van der Waals surface area contributed by atoms with Crippen LogP contribution in [0.1, 0.15) is 46.2 Å². The van der Waals surface area contributed by atoms with Gasteiger partial charge in [-0.25, -0.2) is 0 Å². The van der Waals surface area contributed by atoms with Crippen LogP contribution in [-0.4, -0.2) is 47.1 Å². The van der Waals surface area contributed by atoms with Crippen LogP contribution in [0.4, 0.5) is 0 Å². The van der Waals surface area contributed by atoms with E-state index in [0.29, 0.717) is 17.9 Å². The molecule has 0 saturated carbocycles. The van der Waals surface area contributed by atoms with Gasteiger partial charge in [0.1, 0.15) is 5.75 Å². The fourth-order valence-corrected chi connectivity index (χ4v) is 3.54. The first kappa shape index (κ1) is 18.0. The highest BCUT2D eigenvalue weighted by Gasteiger charge is 2.32. The van der Waals surface area contributed by atoms with E-state index in [-0.39, 0.29) is 24.4 Å². The lowest BCUT2D eigenvalue weighted by Crippen LogP contribution is -2.40. The van der Waals surface area contributed by atoms with Crippen LogP contribution in [0.3, 0.4) is 0 Å². The van der Waals surface area contributed by atoms with Gasteiger partial charge in [0.15, 0.2) is 0 Å². The van der Waals surface area contributed by atoms with Gasteiger partial charge in [0.2, 0.25) is 5.91 Å². The summed E-state index contributed by atoms with van der Waals surface area (Å²) in [7, 11) is 1.55. The summed E-state index contributed by atoms with van der Waals surface area (Å²) >= 11 is 0. The third-order valence-corrected chi connectivity index (χ3v) is 4.82. The molecule has 1 fully saturated rings. The lowest BCUT2D eigenvalue weighted by atomic mass is 10.0. The van der Waals surface area contributed by atoms with Crippen LogP contribution in [0, 0.1) is 13.8 Å². The smallest absolute Gasteiger partial charge is 0.251 e. The molecule has 1 aromatic carbocycles. The van der Waals surface area contributed by atoms with E-state index >= 15 is 0 Å². The fourth-order valence-electron chi connectivity index (χ4n) is 3.54. The molecule has 7 heteroatoms. The highest BCUT2D eigenvalue weighted by molar-refractivity contribution is 5.96. The topological polar surface area (TPSA) is 87.3 Å². The van der Waals surface area contributed by atoms with E-state index in [2.05, 4.69) is 15.5 Å². The maximum atomic E-state index is 12.7. The van der Waals surface area contributed by atoms with E-state index in [1.807, 2.05) is 18.7 Å². The first-order valence-corrected chi connectivity index (χ1v) is 8.74. The van der Waals surface area contributed by atoms with Crippen molar-refractivity contribution in [2.45, 2.75) is 32.7 Å². The number of rotatable bonds is 5. The van der Waals surface area contributed by atoms with Crippen LogP contribution in [0.2, 0.25) is 0 Å². The third kappa shape index (κ3) is 3.56. The van der Waals surface area contributed by atoms with E-state index in [1.165, 1.54) is 0 Å². The minimum Gasteiger partial charge on any atom is -0.497 e. The number of carbonyl (C=O) groups is 2. The predicted octanol–water partition coefficient (Wildman–Crippen LogP) is 2.13. The number of benzene rings is 1. The average molecular weight is 356 g/mol. The Labute approximate surface area is 152 Å². The lowest BCUT2D eigenvalue weighted by molar-refractivity contribution is -0.131. The molecule has 2 heterocycles. The number of amides is 2. The van der Waals surface area contributed by atoms with E-state index < -0.39 is 0 Å². The Morgan fingerprint density at radius 2 is 2.19 bits per heavy atom. The van der Waals surface area contributed by atoms with Gasteiger partial charge in [0.25, 0.3) is 5.91 Å². The molecule has 0 spiro atoms. The molecule has 7 nitrogen and oxygen atoms in total. The number of likely N-dealkylation sites (tertiary alicyclic amines) is 1. The van der Waals surface area contributed by atoms with Gasteiger partial charge in [-0.3, -0.25) is 14.7 Å². The molecule has 0 aliphatic carbocycles. The minimum absolute atomic E-state index is 0.0231. The van der Waals surface area contributed by atoms with Crippen molar-refractivity contribution in [2.24, 2.45) is 0 Å². The standard InChI is InChI=1S/C19H24N4O3/c1-12-18(13(2)22-21-12)16-8-5-9-23(16)17(24)11-20-19(25)14-6-4-7-15(10-14)26-3/h4,6-7,10,16H,5,8-9,11H2,1-3H3,(H,20,25)(H,21,22). The number of nitrogens with zero attached hydrogens (tertiary/aromatic N) is 2. The number of aryl methyl sites for hydroxylation is 2. The Morgan fingerprint density at radius 3 is 2.88 bits per heavy atom. The van der Waals surface area contributed by atoms with Crippen molar-refractivity contribution in [3.8, 4) is 5.75 Å². The minimum atomic E-state index is -0.288. The molecule has 1 unspecified atom stereocenters. The highest BCUT2D eigenvalue weighted by Crippen LogP contribution is 2.34. The van der Waals surface area contributed by atoms with Gasteiger partial charge in [-0.1, -0.05) is 6.07 Å². The van der Waals surface area contributed by atoms with Crippen molar-refractivity contribution in [1.29, 1.82) is 0 Å². The van der Waals surface area contributed by atoms with Crippen molar-refractivity contribution in [3.05, 3.63) is 46.8 Å². The Hall–Kier alpha value is -2.83. The number of carbonyl (C=O) groups excluding carboxylic acids is 2. The molecule has 1 aliphatic heterocycles. The van der Waals surface area contributed by atoms with E-state index in [0.717, 1.165) is 29.8 Å². The third-order valence-electron chi connectivity index (χ3n) is 4.82. The summed E-state index contributed by atoms with van der Waals surface area (Å²) in [6, 6.07) is 6.88.